The normalized spacial score (nSPS) is 26.0. The lowest BCUT2D eigenvalue weighted by Gasteiger charge is -2.41. The molecule has 6 nitrogen and oxygen atoms in total. The van der Waals surface area contributed by atoms with Crippen molar-refractivity contribution in [2.45, 2.75) is 38.8 Å². The number of carbonyl (C=O) groups excluding carboxylic acids is 2. The maximum atomic E-state index is 13.6. The smallest absolute Gasteiger partial charge is 0.320 e. The maximum Gasteiger partial charge on any atom is 0.320 e. The topological polar surface area (TPSA) is 64.7 Å². The fraction of sp³-hybridized carbons (Fsp3) is 0.579. The van der Waals surface area contributed by atoms with E-state index in [1.54, 1.807) is 11.0 Å². The summed E-state index contributed by atoms with van der Waals surface area (Å²) in [4.78, 5) is 29.1. The summed E-state index contributed by atoms with van der Waals surface area (Å²) < 4.78 is 13.6. The summed E-state index contributed by atoms with van der Waals surface area (Å²) in [6.07, 6.45) is 1.48. The van der Waals surface area contributed by atoms with Crippen LogP contribution < -0.4 is 10.6 Å². The molecule has 0 spiro atoms. The van der Waals surface area contributed by atoms with Crippen LogP contribution >= 0.6 is 11.6 Å². The van der Waals surface area contributed by atoms with Crippen molar-refractivity contribution in [3.63, 3.8) is 0 Å². The number of nitrogens with zero attached hydrogens (tertiary/aromatic N) is 2. The largest absolute Gasteiger partial charge is 0.326 e. The van der Waals surface area contributed by atoms with Crippen LogP contribution in [0.4, 0.5) is 14.9 Å². The molecule has 2 aliphatic heterocycles. The van der Waals surface area contributed by atoms with Crippen LogP contribution in [0.5, 0.6) is 0 Å². The van der Waals surface area contributed by atoms with Crippen LogP contribution in [0, 0.1) is 11.7 Å². The maximum absolute atomic E-state index is 13.6. The molecule has 3 atom stereocenters. The number of hydrogen-bond acceptors (Lipinski definition) is 3. The number of carbonyl (C=O) groups is 2. The number of piperazine rings is 1. The van der Waals surface area contributed by atoms with Crippen LogP contribution in [-0.2, 0) is 4.79 Å². The van der Waals surface area contributed by atoms with Gasteiger partial charge in [-0.1, -0.05) is 11.6 Å². The first-order valence-electron chi connectivity index (χ1n) is 9.39. The van der Waals surface area contributed by atoms with E-state index in [2.05, 4.69) is 24.5 Å². The minimum atomic E-state index is -0.572. The van der Waals surface area contributed by atoms with Gasteiger partial charge in [-0.25, -0.2) is 9.18 Å². The molecule has 2 heterocycles. The van der Waals surface area contributed by atoms with E-state index in [4.69, 9.17) is 11.6 Å². The highest BCUT2D eigenvalue weighted by Crippen LogP contribution is 2.23. The quantitative estimate of drug-likeness (QED) is 0.807. The molecule has 148 valence electrons. The molecule has 2 saturated heterocycles. The molecule has 1 aromatic carbocycles. The van der Waals surface area contributed by atoms with Gasteiger partial charge in [-0.2, -0.15) is 0 Å². The lowest BCUT2D eigenvalue weighted by Crippen LogP contribution is -2.59. The zero-order valence-electron chi connectivity index (χ0n) is 15.7. The van der Waals surface area contributed by atoms with E-state index in [-0.39, 0.29) is 35.0 Å². The van der Waals surface area contributed by atoms with E-state index in [1.807, 2.05) is 4.90 Å². The molecule has 1 aromatic rings. The summed E-state index contributed by atoms with van der Waals surface area (Å²) in [5, 5.41) is 6.16. The minimum absolute atomic E-state index is 0.00904. The predicted octanol–water partition coefficient (Wildman–Crippen LogP) is 2.93. The van der Waals surface area contributed by atoms with Gasteiger partial charge in [0.05, 0.1) is 10.9 Å². The van der Waals surface area contributed by atoms with Gasteiger partial charge in [0.15, 0.2) is 0 Å². The summed E-state index contributed by atoms with van der Waals surface area (Å²) in [7, 11) is 0. The Morgan fingerprint density at radius 3 is 2.56 bits per heavy atom. The first-order valence-corrected chi connectivity index (χ1v) is 9.77. The number of piperidine rings is 1. The summed E-state index contributed by atoms with van der Waals surface area (Å²) in [5.74, 6) is -1.08. The van der Waals surface area contributed by atoms with Gasteiger partial charge in [0.1, 0.15) is 5.82 Å². The van der Waals surface area contributed by atoms with Crippen molar-refractivity contribution in [3.05, 3.63) is 29.0 Å². The fourth-order valence-corrected chi connectivity index (χ4v) is 3.98. The Morgan fingerprint density at radius 2 is 1.89 bits per heavy atom. The highest BCUT2D eigenvalue weighted by atomic mass is 35.5. The number of benzene rings is 1. The van der Waals surface area contributed by atoms with Crippen LogP contribution in [0.3, 0.4) is 0 Å². The summed E-state index contributed by atoms with van der Waals surface area (Å²) in [5.41, 5.74) is 0.370. The third-order valence-corrected chi connectivity index (χ3v) is 5.38. The number of amides is 3. The van der Waals surface area contributed by atoms with Gasteiger partial charge in [-0.05, 0) is 44.9 Å². The van der Waals surface area contributed by atoms with Crippen LogP contribution in [0.1, 0.15) is 26.7 Å². The van der Waals surface area contributed by atoms with Gasteiger partial charge in [0.25, 0.3) is 0 Å². The number of nitrogens with one attached hydrogen (secondary N) is 2. The van der Waals surface area contributed by atoms with E-state index in [0.29, 0.717) is 38.3 Å². The number of rotatable bonds is 2. The van der Waals surface area contributed by atoms with Crippen molar-refractivity contribution in [2.75, 3.05) is 31.5 Å². The molecule has 2 fully saturated rings. The number of anilines is 1. The van der Waals surface area contributed by atoms with Gasteiger partial charge in [-0.3, -0.25) is 4.79 Å². The van der Waals surface area contributed by atoms with E-state index in [1.165, 1.54) is 12.1 Å². The lowest BCUT2D eigenvalue weighted by atomic mass is 9.97. The summed E-state index contributed by atoms with van der Waals surface area (Å²) in [6.45, 7) is 6.50. The second kappa shape index (κ2) is 8.44. The molecule has 0 radical (unpaired) electrons. The Bertz CT molecular complexity index is 707. The SMILES string of the molecule is C[C@@H]1CN(C(=O)N2CCC[C@H](C(=O)Nc3ccc(Cl)c(F)c3)C2)C[C@H](C)N1. The van der Waals surface area contributed by atoms with Gasteiger partial charge < -0.3 is 20.4 Å². The molecule has 0 unspecified atom stereocenters. The average molecular weight is 397 g/mol. The highest BCUT2D eigenvalue weighted by molar-refractivity contribution is 6.30. The predicted molar refractivity (Wildman–Crippen MR) is 103 cm³/mol. The zero-order valence-corrected chi connectivity index (χ0v) is 16.4. The molecule has 2 aliphatic rings. The fourth-order valence-electron chi connectivity index (χ4n) is 3.87. The monoisotopic (exact) mass is 396 g/mol. The Balaban J connectivity index is 1.60. The molecule has 0 bridgehead atoms. The number of urea groups is 1. The van der Waals surface area contributed by atoms with Crippen molar-refractivity contribution in [2.24, 2.45) is 5.92 Å². The first-order chi connectivity index (χ1) is 12.8. The molecular weight excluding hydrogens is 371 g/mol. The summed E-state index contributed by atoms with van der Waals surface area (Å²) in [6, 6.07) is 4.68. The first kappa shape index (κ1) is 19.9. The molecule has 8 heteroatoms. The van der Waals surface area contributed by atoms with Crippen LogP contribution in [0.25, 0.3) is 0 Å². The van der Waals surface area contributed by atoms with E-state index >= 15 is 0 Å². The van der Waals surface area contributed by atoms with Crippen molar-refractivity contribution >= 4 is 29.2 Å². The van der Waals surface area contributed by atoms with Crippen LogP contribution in [0.2, 0.25) is 5.02 Å². The van der Waals surface area contributed by atoms with Crippen molar-refractivity contribution in [1.29, 1.82) is 0 Å². The molecule has 27 heavy (non-hydrogen) atoms. The molecule has 3 rings (SSSR count). The standard InChI is InChI=1S/C19H26ClFN4O2/c1-12-9-25(10-13(2)22-12)19(27)24-7-3-4-14(11-24)18(26)23-15-5-6-16(20)17(21)8-15/h5-6,8,12-14,22H,3-4,7,9-11H2,1-2H3,(H,23,26)/t12-,13+,14-/m0/s1. The second-order valence-corrected chi connectivity index (χ2v) is 7.97. The third kappa shape index (κ3) is 4.90. The second-order valence-electron chi connectivity index (χ2n) is 7.56. The Kier molecular flexibility index (Phi) is 6.22. The molecular formula is C19H26ClFN4O2. The average Bonchev–Trinajstić information content (AvgIpc) is 2.63. The van der Waals surface area contributed by atoms with Crippen LogP contribution in [-0.4, -0.2) is 60.0 Å². The molecule has 2 N–H and O–H groups in total. The van der Waals surface area contributed by atoms with Crippen molar-refractivity contribution in [1.82, 2.24) is 15.1 Å². The highest BCUT2D eigenvalue weighted by Gasteiger charge is 2.33. The lowest BCUT2D eigenvalue weighted by molar-refractivity contribution is -0.121. The minimum Gasteiger partial charge on any atom is -0.326 e. The van der Waals surface area contributed by atoms with Gasteiger partial charge in [0.2, 0.25) is 5.91 Å². The molecule has 3 amide bonds. The Hall–Kier alpha value is -1.86. The van der Waals surface area contributed by atoms with Gasteiger partial charge >= 0.3 is 6.03 Å². The molecule has 0 saturated carbocycles. The van der Waals surface area contributed by atoms with E-state index < -0.39 is 5.82 Å². The summed E-state index contributed by atoms with van der Waals surface area (Å²) >= 11 is 5.67. The Labute approximate surface area is 164 Å². The van der Waals surface area contributed by atoms with Gasteiger partial charge in [-0.15, -0.1) is 0 Å². The van der Waals surface area contributed by atoms with Gasteiger partial charge in [0, 0.05) is 44.0 Å². The Morgan fingerprint density at radius 1 is 1.19 bits per heavy atom. The molecule has 0 aliphatic carbocycles. The van der Waals surface area contributed by atoms with E-state index in [0.717, 1.165) is 6.42 Å². The molecule has 0 aromatic heterocycles. The van der Waals surface area contributed by atoms with Crippen molar-refractivity contribution in [3.8, 4) is 0 Å². The van der Waals surface area contributed by atoms with Crippen LogP contribution in [0.15, 0.2) is 18.2 Å². The van der Waals surface area contributed by atoms with E-state index in [9.17, 15) is 14.0 Å². The number of hydrogen-bond donors (Lipinski definition) is 2. The zero-order chi connectivity index (χ0) is 19.6. The third-order valence-electron chi connectivity index (χ3n) is 5.08. The number of halogens is 2. The number of likely N-dealkylation sites (tertiary alicyclic amines) is 1. The van der Waals surface area contributed by atoms with Crippen molar-refractivity contribution < 1.29 is 14.0 Å².